The summed E-state index contributed by atoms with van der Waals surface area (Å²) in [5.74, 6) is 0.931. The van der Waals surface area contributed by atoms with Crippen LogP contribution in [0, 0.1) is 0 Å². The zero-order valence-corrected chi connectivity index (χ0v) is 10.8. The second-order valence-corrected chi connectivity index (χ2v) is 4.63. The number of rotatable bonds is 5. The van der Waals surface area contributed by atoms with Crippen LogP contribution in [-0.4, -0.2) is 37.7 Å². The highest BCUT2D eigenvalue weighted by Crippen LogP contribution is 2.16. The number of hydrogen-bond donors (Lipinski definition) is 1. The summed E-state index contributed by atoms with van der Waals surface area (Å²) >= 11 is 0. The number of methoxy groups -OCH3 is 1. The highest BCUT2D eigenvalue weighted by atomic mass is 16.5. The summed E-state index contributed by atoms with van der Waals surface area (Å²) < 4.78 is 5.16. The number of ether oxygens (including phenoxy) is 1. The first-order chi connectivity index (χ1) is 8.31. The van der Waals surface area contributed by atoms with Gasteiger partial charge in [0.2, 0.25) is 0 Å². The molecule has 0 radical (unpaired) electrons. The van der Waals surface area contributed by atoms with Gasteiger partial charge in [-0.1, -0.05) is 19.1 Å². The molecule has 1 aromatic carbocycles. The van der Waals surface area contributed by atoms with Crippen LogP contribution in [0.3, 0.4) is 0 Å². The van der Waals surface area contributed by atoms with Crippen LogP contribution in [0.5, 0.6) is 5.75 Å². The minimum absolute atomic E-state index is 0.679. The van der Waals surface area contributed by atoms with E-state index in [9.17, 15) is 0 Å². The maximum Gasteiger partial charge on any atom is 0.118 e. The van der Waals surface area contributed by atoms with Gasteiger partial charge in [0.25, 0.3) is 0 Å². The van der Waals surface area contributed by atoms with E-state index in [1.165, 1.54) is 25.1 Å². The molecule has 0 aliphatic carbocycles. The lowest BCUT2D eigenvalue weighted by molar-refractivity contribution is 0.320. The van der Waals surface area contributed by atoms with Crippen molar-refractivity contribution in [3.63, 3.8) is 0 Å². The van der Waals surface area contributed by atoms with Gasteiger partial charge in [-0.2, -0.15) is 0 Å². The molecule has 1 heterocycles. The summed E-state index contributed by atoms with van der Waals surface area (Å²) in [6.07, 6.45) is 1.27. The minimum atomic E-state index is 0.679. The number of likely N-dealkylation sites (N-methyl/N-ethyl adjacent to an activating group) is 1. The Bertz CT molecular complexity index is 337. The van der Waals surface area contributed by atoms with Gasteiger partial charge in [-0.15, -0.1) is 0 Å². The van der Waals surface area contributed by atoms with Crippen LogP contribution in [-0.2, 0) is 6.54 Å². The molecular weight excluding hydrogens is 212 g/mol. The molecule has 3 nitrogen and oxygen atoms in total. The Hall–Kier alpha value is -1.06. The van der Waals surface area contributed by atoms with E-state index in [1.807, 2.05) is 12.1 Å². The van der Waals surface area contributed by atoms with Crippen LogP contribution >= 0.6 is 0 Å². The summed E-state index contributed by atoms with van der Waals surface area (Å²) in [6.45, 7) is 6.66. The molecule has 1 atom stereocenters. The fourth-order valence-corrected chi connectivity index (χ4v) is 2.42. The largest absolute Gasteiger partial charge is 0.497 e. The molecule has 0 amide bonds. The molecule has 1 N–H and O–H groups in total. The van der Waals surface area contributed by atoms with Crippen molar-refractivity contribution in [2.24, 2.45) is 0 Å². The zero-order valence-electron chi connectivity index (χ0n) is 10.8. The summed E-state index contributed by atoms with van der Waals surface area (Å²) in [4.78, 5) is 2.51. The Morgan fingerprint density at radius 3 is 2.76 bits per heavy atom. The molecule has 2 rings (SSSR count). The number of nitrogens with one attached hydrogen (secondary N) is 1. The molecule has 1 aromatic rings. The first-order valence-electron chi connectivity index (χ1n) is 6.40. The monoisotopic (exact) mass is 234 g/mol. The molecule has 1 saturated heterocycles. The predicted molar refractivity (Wildman–Crippen MR) is 70.4 cm³/mol. The SMILES string of the molecule is CCNC1CCN(Cc2ccc(OC)cc2)C1. The number of nitrogens with zero attached hydrogens (tertiary/aromatic N) is 1. The van der Waals surface area contributed by atoms with Crippen LogP contribution in [0.1, 0.15) is 18.9 Å². The molecule has 1 aliphatic rings. The van der Waals surface area contributed by atoms with Crippen molar-refractivity contribution in [3.8, 4) is 5.75 Å². The lowest BCUT2D eigenvalue weighted by Gasteiger charge is -2.16. The molecule has 17 heavy (non-hydrogen) atoms. The number of hydrogen-bond acceptors (Lipinski definition) is 3. The van der Waals surface area contributed by atoms with Gasteiger partial charge in [0, 0.05) is 25.7 Å². The highest BCUT2D eigenvalue weighted by Gasteiger charge is 2.21. The number of benzene rings is 1. The maximum atomic E-state index is 5.16. The lowest BCUT2D eigenvalue weighted by Crippen LogP contribution is -2.32. The van der Waals surface area contributed by atoms with Gasteiger partial charge in [0.1, 0.15) is 5.75 Å². The summed E-state index contributed by atoms with van der Waals surface area (Å²) in [6, 6.07) is 9.05. The number of likely N-dealkylation sites (tertiary alicyclic amines) is 1. The third-order valence-electron chi connectivity index (χ3n) is 3.33. The Labute approximate surface area is 104 Å². The molecule has 1 aliphatic heterocycles. The van der Waals surface area contributed by atoms with Gasteiger partial charge < -0.3 is 10.1 Å². The van der Waals surface area contributed by atoms with Crippen LogP contribution in [0.2, 0.25) is 0 Å². The molecule has 0 saturated carbocycles. The molecule has 1 fully saturated rings. The van der Waals surface area contributed by atoms with Gasteiger partial charge in [-0.3, -0.25) is 4.90 Å². The van der Waals surface area contributed by atoms with Gasteiger partial charge >= 0.3 is 0 Å². The molecule has 3 heteroatoms. The zero-order chi connectivity index (χ0) is 12.1. The van der Waals surface area contributed by atoms with Crippen molar-refractivity contribution < 1.29 is 4.74 Å². The van der Waals surface area contributed by atoms with E-state index < -0.39 is 0 Å². The maximum absolute atomic E-state index is 5.16. The van der Waals surface area contributed by atoms with E-state index in [-0.39, 0.29) is 0 Å². The average molecular weight is 234 g/mol. The van der Waals surface area contributed by atoms with E-state index in [2.05, 4.69) is 29.3 Å². The van der Waals surface area contributed by atoms with Crippen LogP contribution in [0.25, 0.3) is 0 Å². The molecule has 0 bridgehead atoms. The fourth-order valence-electron chi connectivity index (χ4n) is 2.42. The van der Waals surface area contributed by atoms with Crippen molar-refractivity contribution in [3.05, 3.63) is 29.8 Å². The Morgan fingerprint density at radius 2 is 2.12 bits per heavy atom. The van der Waals surface area contributed by atoms with Crippen molar-refractivity contribution in [2.75, 3.05) is 26.7 Å². The second-order valence-electron chi connectivity index (χ2n) is 4.63. The van der Waals surface area contributed by atoms with Crippen molar-refractivity contribution >= 4 is 0 Å². The molecular formula is C14H22N2O. The third-order valence-corrected chi connectivity index (χ3v) is 3.33. The normalized spacial score (nSPS) is 20.7. The van der Waals surface area contributed by atoms with E-state index in [1.54, 1.807) is 7.11 Å². The van der Waals surface area contributed by atoms with E-state index in [4.69, 9.17) is 4.74 Å². The molecule has 0 spiro atoms. The van der Waals surface area contributed by atoms with Crippen molar-refractivity contribution in [1.82, 2.24) is 10.2 Å². The lowest BCUT2D eigenvalue weighted by atomic mass is 10.2. The smallest absolute Gasteiger partial charge is 0.118 e. The van der Waals surface area contributed by atoms with Gasteiger partial charge in [-0.05, 0) is 30.7 Å². The minimum Gasteiger partial charge on any atom is -0.497 e. The summed E-state index contributed by atoms with van der Waals surface area (Å²) in [5, 5.41) is 3.52. The second kappa shape index (κ2) is 6.03. The first-order valence-corrected chi connectivity index (χ1v) is 6.40. The highest BCUT2D eigenvalue weighted by molar-refractivity contribution is 5.27. The molecule has 94 valence electrons. The van der Waals surface area contributed by atoms with Gasteiger partial charge in [0.15, 0.2) is 0 Å². The Balaban J connectivity index is 1.84. The predicted octanol–water partition coefficient (Wildman–Crippen LogP) is 1.88. The molecule has 0 aromatic heterocycles. The quantitative estimate of drug-likeness (QED) is 0.842. The van der Waals surface area contributed by atoms with Crippen LogP contribution < -0.4 is 10.1 Å². The standard InChI is InChI=1S/C14H22N2O/c1-3-15-13-8-9-16(11-13)10-12-4-6-14(17-2)7-5-12/h4-7,13,15H,3,8-11H2,1-2H3. The molecule has 1 unspecified atom stereocenters. The Kier molecular flexibility index (Phi) is 4.40. The van der Waals surface area contributed by atoms with E-state index >= 15 is 0 Å². The van der Waals surface area contributed by atoms with E-state index in [0.717, 1.165) is 18.8 Å². The third kappa shape index (κ3) is 3.45. The van der Waals surface area contributed by atoms with Crippen molar-refractivity contribution in [1.29, 1.82) is 0 Å². The van der Waals surface area contributed by atoms with E-state index in [0.29, 0.717) is 6.04 Å². The summed E-state index contributed by atoms with van der Waals surface area (Å²) in [5.41, 5.74) is 1.36. The fraction of sp³-hybridized carbons (Fsp3) is 0.571. The Morgan fingerprint density at radius 1 is 1.35 bits per heavy atom. The van der Waals surface area contributed by atoms with Gasteiger partial charge in [0.05, 0.1) is 7.11 Å². The topological polar surface area (TPSA) is 24.5 Å². The van der Waals surface area contributed by atoms with Crippen LogP contribution in [0.15, 0.2) is 24.3 Å². The summed E-state index contributed by atoms with van der Waals surface area (Å²) in [7, 11) is 1.70. The first kappa shape index (κ1) is 12.4. The van der Waals surface area contributed by atoms with Crippen molar-refractivity contribution in [2.45, 2.75) is 25.9 Å². The van der Waals surface area contributed by atoms with Gasteiger partial charge in [-0.25, -0.2) is 0 Å². The average Bonchev–Trinajstić information content (AvgIpc) is 2.78. The van der Waals surface area contributed by atoms with Crippen LogP contribution in [0.4, 0.5) is 0 Å².